The Bertz CT molecular complexity index is 451. The Balaban J connectivity index is 2.18. The van der Waals surface area contributed by atoms with Crippen molar-refractivity contribution in [3.05, 3.63) is 48.2 Å². The van der Waals surface area contributed by atoms with Crippen LogP contribution in [-0.2, 0) is 0 Å². The van der Waals surface area contributed by atoms with Crippen LogP contribution >= 0.6 is 0 Å². The van der Waals surface area contributed by atoms with Crippen molar-refractivity contribution in [2.45, 2.75) is 6.92 Å². The van der Waals surface area contributed by atoms with Crippen molar-refractivity contribution < 1.29 is 4.74 Å². The topological polar surface area (TPSA) is 48.1 Å². The van der Waals surface area contributed by atoms with E-state index < -0.39 is 0 Å². The van der Waals surface area contributed by atoms with E-state index in [1.165, 1.54) is 0 Å². The third-order valence-electron chi connectivity index (χ3n) is 1.99. The number of anilines is 1. The summed E-state index contributed by atoms with van der Waals surface area (Å²) < 4.78 is 5.55. The van der Waals surface area contributed by atoms with Crippen LogP contribution in [0.2, 0.25) is 0 Å². The molecule has 3 heteroatoms. The zero-order chi connectivity index (χ0) is 10.7. The minimum atomic E-state index is 0.597. The van der Waals surface area contributed by atoms with Gasteiger partial charge in [0.05, 0.1) is 0 Å². The molecule has 76 valence electrons. The van der Waals surface area contributed by atoms with E-state index in [2.05, 4.69) is 4.98 Å². The summed E-state index contributed by atoms with van der Waals surface area (Å²) in [5.74, 6) is 1.34. The van der Waals surface area contributed by atoms with Crippen LogP contribution in [-0.4, -0.2) is 4.98 Å². The molecular weight excluding hydrogens is 188 g/mol. The summed E-state index contributed by atoms with van der Waals surface area (Å²) in [5.41, 5.74) is 7.42. The van der Waals surface area contributed by atoms with Crippen molar-refractivity contribution >= 4 is 5.69 Å². The van der Waals surface area contributed by atoms with Gasteiger partial charge in [-0.2, -0.15) is 0 Å². The molecule has 1 aromatic heterocycles. The summed E-state index contributed by atoms with van der Waals surface area (Å²) in [4.78, 5) is 4.10. The number of rotatable bonds is 2. The summed E-state index contributed by atoms with van der Waals surface area (Å²) in [6, 6.07) is 11.0. The molecule has 0 bridgehead atoms. The second-order valence-electron chi connectivity index (χ2n) is 3.34. The summed E-state index contributed by atoms with van der Waals surface area (Å²) in [5, 5.41) is 0. The molecule has 0 saturated carbocycles. The highest BCUT2D eigenvalue weighted by Gasteiger charge is 1.97. The van der Waals surface area contributed by atoms with Crippen molar-refractivity contribution in [1.82, 2.24) is 4.98 Å². The van der Waals surface area contributed by atoms with Gasteiger partial charge in [0.1, 0.15) is 5.75 Å². The van der Waals surface area contributed by atoms with Crippen LogP contribution < -0.4 is 10.5 Å². The number of nitrogen functional groups attached to an aromatic ring is 1. The van der Waals surface area contributed by atoms with E-state index in [9.17, 15) is 0 Å². The Morgan fingerprint density at radius 1 is 1.13 bits per heavy atom. The van der Waals surface area contributed by atoms with Gasteiger partial charge in [-0.15, -0.1) is 0 Å². The molecule has 0 atom stereocenters. The van der Waals surface area contributed by atoms with Gasteiger partial charge in [-0.1, -0.05) is 0 Å². The van der Waals surface area contributed by atoms with Gasteiger partial charge < -0.3 is 10.5 Å². The van der Waals surface area contributed by atoms with Crippen molar-refractivity contribution in [3.8, 4) is 11.6 Å². The molecule has 0 unspecified atom stereocenters. The highest BCUT2D eigenvalue weighted by atomic mass is 16.5. The van der Waals surface area contributed by atoms with Gasteiger partial charge in [0.2, 0.25) is 5.88 Å². The number of pyridine rings is 1. The Hall–Kier alpha value is -2.03. The molecule has 1 heterocycles. The normalized spacial score (nSPS) is 9.93. The second kappa shape index (κ2) is 4.00. The first-order valence-electron chi connectivity index (χ1n) is 4.70. The molecule has 2 aromatic rings. The number of ether oxygens (including phenoxy) is 1. The molecule has 15 heavy (non-hydrogen) atoms. The zero-order valence-electron chi connectivity index (χ0n) is 8.47. The monoisotopic (exact) mass is 200 g/mol. The predicted octanol–water partition coefficient (Wildman–Crippen LogP) is 2.76. The van der Waals surface area contributed by atoms with E-state index in [1.807, 2.05) is 31.2 Å². The maximum absolute atomic E-state index is 5.57. The van der Waals surface area contributed by atoms with Gasteiger partial charge in [-0.05, 0) is 42.8 Å². The molecule has 2 rings (SSSR count). The van der Waals surface area contributed by atoms with Gasteiger partial charge in [-0.3, -0.25) is 0 Å². The molecule has 2 N–H and O–H groups in total. The maximum atomic E-state index is 5.57. The summed E-state index contributed by atoms with van der Waals surface area (Å²) in [6.45, 7) is 2.00. The van der Waals surface area contributed by atoms with E-state index >= 15 is 0 Å². The number of hydrogen-bond donors (Lipinski definition) is 1. The Morgan fingerprint density at radius 2 is 1.87 bits per heavy atom. The number of benzene rings is 1. The lowest BCUT2D eigenvalue weighted by Crippen LogP contribution is -1.89. The fourth-order valence-corrected chi connectivity index (χ4v) is 1.22. The fraction of sp³-hybridized carbons (Fsp3) is 0.0833. The number of nitrogens with zero attached hydrogens (tertiary/aromatic N) is 1. The van der Waals surface area contributed by atoms with E-state index in [0.717, 1.165) is 17.0 Å². The molecule has 3 nitrogen and oxygen atoms in total. The van der Waals surface area contributed by atoms with Gasteiger partial charge in [0, 0.05) is 18.0 Å². The minimum Gasteiger partial charge on any atom is -0.439 e. The van der Waals surface area contributed by atoms with Crippen LogP contribution in [0.15, 0.2) is 42.6 Å². The Labute approximate surface area is 88.5 Å². The molecule has 0 radical (unpaired) electrons. The molecule has 0 aliphatic heterocycles. The van der Waals surface area contributed by atoms with E-state index in [0.29, 0.717) is 5.88 Å². The first-order chi connectivity index (χ1) is 7.24. The van der Waals surface area contributed by atoms with Crippen LogP contribution in [0.1, 0.15) is 5.56 Å². The van der Waals surface area contributed by atoms with E-state index in [1.54, 1.807) is 18.3 Å². The van der Waals surface area contributed by atoms with E-state index in [4.69, 9.17) is 10.5 Å². The predicted molar refractivity (Wildman–Crippen MR) is 59.9 cm³/mol. The SMILES string of the molecule is Cc1ccnc(Oc2ccc(N)cc2)c1. The molecule has 0 aliphatic rings. The van der Waals surface area contributed by atoms with E-state index in [-0.39, 0.29) is 0 Å². The Morgan fingerprint density at radius 3 is 2.53 bits per heavy atom. The molecular formula is C12H12N2O. The number of aryl methyl sites for hydroxylation is 1. The van der Waals surface area contributed by atoms with Crippen molar-refractivity contribution in [1.29, 1.82) is 0 Å². The number of nitrogens with two attached hydrogens (primary N) is 1. The first kappa shape index (κ1) is 9.52. The van der Waals surface area contributed by atoms with Crippen LogP contribution in [0.3, 0.4) is 0 Å². The van der Waals surface area contributed by atoms with Crippen LogP contribution in [0.4, 0.5) is 5.69 Å². The highest BCUT2D eigenvalue weighted by molar-refractivity contribution is 5.42. The van der Waals surface area contributed by atoms with Gasteiger partial charge in [0.25, 0.3) is 0 Å². The van der Waals surface area contributed by atoms with Gasteiger partial charge in [-0.25, -0.2) is 4.98 Å². The fourth-order valence-electron chi connectivity index (χ4n) is 1.22. The lowest BCUT2D eigenvalue weighted by Gasteiger charge is -2.04. The lowest BCUT2D eigenvalue weighted by atomic mass is 10.3. The first-order valence-corrected chi connectivity index (χ1v) is 4.70. The molecule has 1 aromatic carbocycles. The summed E-state index contributed by atoms with van der Waals surface area (Å²) in [6.07, 6.45) is 1.72. The third kappa shape index (κ3) is 2.47. The lowest BCUT2D eigenvalue weighted by molar-refractivity contribution is 0.462. The average Bonchev–Trinajstić information content (AvgIpc) is 2.22. The third-order valence-corrected chi connectivity index (χ3v) is 1.99. The highest BCUT2D eigenvalue weighted by Crippen LogP contribution is 2.20. The Kier molecular flexibility index (Phi) is 2.54. The summed E-state index contributed by atoms with van der Waals surface area (Å²) in [7, 11) is 0. The molecule has 0 spiro atoms. The van der Waals surface area contributed by atoms with Gasteiger partial charge in [0.15, 0.2) is 0 Å². The second-order valence-corrected chi connectivity index (χ2v) is 3.34. The van der Waals surface area contributed by atoms with Crippen molar-refractivity contribution in [2.75, 3.05) is 5.73 Å². The quantitative estimate of drug-likeness (QED) is 0.758. The molecule has 0 saturated heterocycles. The van der Waals surface area contributed by atoms with Crippen LogP contribution in [0.25, 0.3) is 0 Å². The summed E-state index contributed by atoms with van der Waals surface area (Å²) >= 11 is 0. The molecule has 0 amide bonds. The number of aromatic nitrogens is 1. The van der Waals surface area contributed by atoms with Crippen LogP contribution in [0.5, 0.6) is 11.6 Å². The number of hydrogen-bond acceptors (Lipinski definition) is 3. The zero-order valence-corrected chi connectivity index (χ0v) is 8.47. The average molecular weight is 200 g/mol. The van der Waals surface area contributed by atoms with Crippen molar-refractivity contribution in [2.24, 2.45) is 0 Å². The van der Waals surface area contributed by atoms with Crippen LogP contribution in [0, 0.1) is 6.92 Å². The molecule has 0 fully saturated rings. The smallest absolute Gasteiger partial charge is 0.219 e. The minimum absolute atomic E-state index is 0.597. The standard InChI is InChI=1S/C12H12N2O/c1-9-6-7-14-12(8-9)15-11-4-2-10(13)3-5-11/h2-8H,13H2,1H3. The molecule has 0 aliphatic carbocycles. The maximum Gasteiger partial charge on any atom is 0.219 e. The van der Waals surface area contributed by atoms with Crippen molar-refractivity contribution in [3.63, 3.8) is 0 Å². The van der Waals surface area contributed by atoms with Gasteiger partial charge >= 0.3 is 0 Å². The largest absolute Gasteiger partial charge is 0.439 e.